The summed E-state index contributed by atoms with van der Waals surface area (Å²) in [6.07, 6.45) is 0.526. The van der Waals surface area contributed by atoms with E-state index in [9.17, 15) is 9.50 Å². The lowest BCUT2D eigenvalue weighted by Gasteiger charge is -2.12. The molecule has 5 aromatic rings. The zero-order valence-electron chi connectivity index (χ0n) is 17.9. The summed E-state index contributed by atoms with van der Waals surface area (Å²) in [7, 11) is 0. The Labute approximate surface area is 197 Å². The number of ether oxygens (including phenoxy) is 1. The van der Waals surface area contributed by atoms with E-state index in [4.69, 9.17) is 20.9 Å². The second-order valence-electron chi connectivity index (χ2n) is 7.44. The van der Waals surface area contributed by atoms with Crippen molar-refractivity contribution in [2.45, 2.75) is 12.8 Å². The number of alkyl halides is 1. The molecular formula is C23H18FN7O4. The number of aromatic nitrogens is 6. The van der Waals surface area contributed by atoms with E-state index in [0.29, 0.717) is 39.6 Å². The Morgan fingerprint density at radius 2 is 1.71 bits per heavy atom. The number of aliphatic hydroxyl groups is 3. The minimum atomic E-state index is -3.83. The summed E-state index contributed by atoms with van der Waals surface area (Å²) in [4.78, 5) is 21.8. The third-order valence-electron chi connectivity index (χ3n) is 5.09. The lowest BCUT2D eigenvalue weighted by atomic mass is 10.2. The zero-order chi connectivity index (χ0) is 24.6. The number of imidazole rings is 1. The van der Waals surface area contributed by atoms with Crippen molar-refractivity contribution in [2.24, 2.45) is 0 Å². The number of benzene rings is 1. The van der Waals surface area contributed by atoms with E-state index >= 15 is 0 Å². The molecule has 35 heavy (non-hydrogen) atoms. The van der Waals surface area contributed by atoms with E-state index in [-0.39, 0.29) is 18.3 Å². The molecular weight excluding hydrogens is 457 g/mol. The quantitative estimate of drug-likeness (QED) is 0.267. The minimum absolute atomic E-state index is 0.0971. The highest BCUT2D eigenvalue weighted by atomic mass is 19.2. The lowest BCUT2D eigenvalue weighted by molar-refractivity contribution is -0.376. The van der Waals surface area contributed by atoms with Crippen LogP contribution in [0.4, 0.5) is 10.2 Å². The van der Waals surface area contributed by atoms with Crippen LogP contribution in [0.5, 0.6) is 5.88 Å². The molecule has 0 bridgehead atoms. The van der Waals surface area contributed by atoms with Crippen LogP contribution in [0, 0.1) is 0 Å². The number of rotatable bonds is 6. The number of nitrogens with zero attached hydrogens (tertiary/aromatic N) is 6. The Kier molecular flexibility index (Phi) is 5.53. The monoisotopic (exact) mass is 475 g/mol. The molecule has 176 valence electrons. The van der Waals surface area contributed by atoms with Crippen LogP contribution in [0.2, 0.25) is 0 Å². The summed E-state index contributed by atoms with van der Waals surface area (Å²) < 4.78 is 18.9. The van der Waals surface area contributed by atoms with E-state index in [1.54, 1.807) is 34.9 Å². The van der Waals surface area contributed by atoms with Gasteiger partial charge in [-0.2, -0.15) is 0 Å². The van der Waals surface area contributed by atoms with Gasteiger partial charge < -0.3 is 25.8 Å². The number of nitrogens with two attached hydrogens (primary N) is 1. The molecule has 0 aliphatic rings. The van der Waals surface area contributed by atoms with Gasteiger partial charge in [-0.25, -0.2) is 24.9 Å². The average molecular weight is 475 g/mol. The Morgan fingerprint density at radius 1 is 0.943 bits per heavy atom. The maximum atomic E-state index is 12.9. The van der Waals surface area contributed by atoms with Gasteiger partial charge >= 0.3 is 6.23 Å². The van der Waals surface area contributed by atoms with Crippen molar-refractivity contribution in [3.05, 3.63) is 72.7 Å². The number of hydrogen-bond acceptors (Lipinski definition) is 10. The normalized spacial score (nSPS) is 11.7. The molecule has 0 saturated heterocycles. The van der Waals surface area contributed by atoms with Crippen molar-refractivity contribution < 1.29 is 24.4 Å². The largest absolute Gasteiger partial charge is 0.493 e. The van der Waals surface area contributed by atoms with E-state index in [1.165, 1.54) is 24.7 Å². The van der Waals surface area contributed by atoms with Crippen molar-refractivity contribution in [3.63, 3.8) is 0 Å². The summed E-state index contributed by atoms with van der Waals surface area (Å²) >= 11 is 0. The first-order valence-corrected chi connectivity index (χ1v) is 10.3. The number of anilines is 1. The van der Waals surface area contributed by atoms with Crippen LogP contribution in [-0.4, -0.2) is 51.0 Å². The molecule has 0 radical (unpaired) electrons. The highest BCUT2D eigenvalue weighted by molar-refractivity contribution is 5.83. The maximum Gasteiger partial charge on any atom is 0.493 e. The third kappa shape index (κ3) is 4.48. The molecule has 0 saturated carbocycles. The first-order chi connectivity index (χ1) is 16.8. The second-order valence-corrected chi connectivity index (χ2v) is 7.44. The SMILES string of the molecule is Nc1nccnc1-c1nc2ccc(-c3ccc(OC(O)(O)F)nc3)nc2n1-c1ccc(CO)cc1. The predicted molar refractivity (Wildman–Crippen MR) is 122 cm³/mol. The summed E-state index contributed by atoms with van der Waals surface area (Å²) in [6.45, 7) is -0.0971. The van der Waals surface area contributed by atoms with E-state index in [2.05, 4.69) is 24.7 Å². The van der Waals surface area contributed by atoms with Gasteiger partial charge in [0.1, 0.15) is 11.2 Å². The molecule has 0 aliphatic carbocycles. The highest BCUT2D eigenvalue weighted by Crippen LogP contribution is 2.31. The van der Waals surface area contributed by atoms with E-state index in [0.717, 1.165) is 5.56 Å². The number of halogens is 1. The van der Waals surface area contributed by atoms with Crippen LogP contribution in [0.15, 0.2) is 67.1 Å². The van der Waals surface area contributed by atoms with Gasteiger partial charge in [-0.05, 0) is 35.9 Å². The van der Waals surface area contributed by atoms with Crippen LogP contribution in [-0.2, 0) is 6.61 Å². The predicted octanol–water partition coefficient (Wildman–Crippen LogP) is 1.96. The summed E-state index contributed by atoms with van der Waals surface area (Å²) in [5.41, 5.74) is 10.0. The fourth-order valence-electron chi connectivity index (χ4n) is 3.52. The number of hydrogen-bond donors (Lipinski definition) is 4. The molecule has 5 rings (SSSR count). The first kappa shape index (κ1) is 22.3. The molecule has 0 spiro atoms. The smallest absolute Gasteiger partial charge is 0.395 e. The molecule has 0 amide bonds. The molecule has 0 unspecified atom stereocenters. The molecule has 1 aromatic carbocycles. The van der Waals surface area contributed by atoms with Gasteiger partial charge in [0.2, 0.25) is 5.88 Å². The lowest BCUT2D eigenvalue weighted by Crippen LogP contribution is -2.29. The number of aliphatic hydroxyl groups excluding tert-OH is 1. The van der Waals surface area contributed by atoms with Crippen LogP contribution >= 0.6 is 0 Å². The van der Waals surface area contributed by atoms with Crippen molar-refractivity contribution in [1.82, 2.24) is 29.5 Å². The Bertz CT molecular complexity index is 1500. The molecule has 5 N–H and O–H groups in total. The Balaban J connectivity index is 1.66. The van der Waals surface area contributed by atoms with Crippen molar-refractivity contribution in [2.75, 3.05) is 5.73 Å². The fraction of sp³-hybridized carbons (Fsp3) is 0.0870. The summed E-state index contributed by atoms with van der Waals surface area (Å²) in [5.74, 6) is 0.309. The molecule has 0 fully saturated rings. The summed E-state index contributed by atoms with van der Waals surface area (Å²) in [5, 5.41) is 26.9. The molecule has 0 atom stereocenters. The average Bonchev–Trinajstić information content (AvgIpc) is 3.22. The van der Waals surface area contributed by atoms with Crippen LogP contribution < -0.4 is 10.5 Å². The highest BCUT2D eigenvalue weighted by Gasteiger charge is 2.25. The van der Waals surface area contributed by atoms with Gasteiger partial charge in [0, 0.05) is 35.9 Å². The van der Waals surface area contributed by atoms with Gasteiger partial charge in [0.05, 0.1) is 12.3 Å². The maximum absolute atomic E-state index is 12.9. The van der Waals surface area contributed by atoms with E-state index < -0.39 is 6.23 Å². The van der Waals surface area contributed by atoms with Crippen LogP contribution in [0.25, 0.3) is 39.6 Å². The fourth-order valence-corrected chi connectivity index (χ4v) is 3.52. The molecule has 11 nitrogen and oxygen atoms in total. The van der Waals surface area contributed by atoms with Crippen molar-refractivity contribution >= 4 is 17.0 Å². The van der Waals surface area contributed by atoms with Gasteiger partial charge in [-0.15, -0.1) is 4.39 Å². The van der Waals surface area contributed by atoms with Crippen molar-refractivity contribution in [3.8, 4) is 34.3 Å². The number of fused-ring (bicyclic) bond motifs is 1. The minimum Gasteiger partial charge on any atom is -0.395 e. The van der Waals surface area contributed by atoms with Crippen LogP contribution in [0.1, 0.15) is 5.56 Å². The van der Waals surface area contributed by atoms with Gasteiger partial charge in [-0.1, -0.05) is 12.1 Å². The third-order valence-corrected chi connectivity index (χ3v) is 5.09. The van der Waals surface area contributed by atoms with Crippen LogP contribution in [0.3, 0.4) is 0 Å². The standard InChI is InChI=1S/C23H18FN7O4/c24-23(33,34)35-18-8-3-14(11-28-18)16-6-7-17-21(29-16)31(15-4-1-13(12-32)2-5-15)22(30-17)19-20(25)27-10-9-26-19/h1-11,32-34H,12H2,(H2,25,27). The van der Waals surface area contributed by atoms with Gasteiger partial charge in [0.25, 0.3) is 0 Å². The topological polar surface area (TPSA) is 165 Å². The summed E-state index contributed by atoms with van der Waals surface area (Å²) in [6, 6.07) is 13.5. The first-order valence-electron chi connectivity index (χ1n) is 10.3. The molecule has 12 heteroatoms. The van der Waals surface area contributed by atoms with Gasteiger partial charge in [-0.3, -0.25) is 4.57 Å². The van der Waals surface area contributed by atoms with E-state index in [1.807, 2.05) is 12.1 Å². The zero-order valence-corrected chi connectivity index (χ0v) is 17.9. The second kappa shape index (κ2) is 8.68. The Hall–Kier alpha value is -4.52. The number of pyridine rings is 2. The molecule has 4 heterocycles. The van der Waals surface area contributed by atoms with Gasteiger partial charge in [0.15, 0.2) is 17.3 Å². The number of nitrogen functional groups attached to an aromatic ring is 1. The molecule has 0 aliphatic heterocycles. The van der Waals surface area contributed by atoms with Crippen molar-refractivity contribution in [1.29, 1.82) is 0 Å². The molecule has 4 aromatic heterocycles. The Morgan fingerprint density at radius 3 is 2.37 bits per heavy atom.